The summed E-state index contributed by atoms with van der Waals surface area (Å²) in [5.74, 6) is 0. The Morgan fingerprint density at radius 3 is 2.33 bits per heavy atom. The summed E-state index contributed by atoms with van der Waals surface area (Å²) in [4.78, 5) is 3.73. The Bertz CT molecular complexity index is 145. The quantitative estimate of drug-likeness (QED) is 0.445. The lowest BCUT2D eigenvalue weighted by atomic mass is 10.3. The van der Waals surface area contributed by atoms with Crippen LogP contribution in [-0.4, -0.2) is 13.8 Å². The Morgan fingerprint density at radius 2 is 2.22 bits per heavy atom. The van der Waals surface area contributed by atoms with Gasteiger partial charge in [0.1, 0.15) is 0 Å². The van der Waals surface area contributed by atoms with Gasteiger partial charge in [-0.1, -0.05) is 6.58 Å². The van der Waals surface area contributed by atoms with Crippen molar-refractivity contribution >= 4 is 6.72 Å². The van der Waals surface area contributed by atoms with Gasteiger partial charge in [0, 0.05) is 7.05 Å². The molecular weight excluding hydrogens is 112 g/mol. The van der Waals surface area contributed by atoms with Gasteiger partial charge in [0.15, 0.2) is 0 Å². The van der Waals surface area contributed by atoms with Crippen molar-refractivity contribution in [1.82, 2.24) is 5.32 Å². The van der Waals surface area contributed by atoms with Crippen LogP contribution in [0.3, 0.4) is 0 Å². The van der Waals surface area contributed by atoms with Gasteiger partial charge in [-0.25, -0.2) is 0 Å². The summed E-state index contributed by atoms with van der Waals surface area (Å²) < 4.78 is 0. The minimum absolute atomic E-state index is 0.868. The first-order valence-electron chi connectivity index (χ1n) is 2.74. The smallest absolute Gasteiger partial charge is 0.0596 e. The Hall–Kier alpha value is -1.05. The molecule has 0 bridgehead atoms. The summed E-state index contributed by atoms with van der Waals surface area (Å²) in [6.07, 6.45) is 1.71. The van der Waals surface area contributed by atoms with E-state index in [1.807, 2.05) is 14.0 Å². The molecule has 0 aromatic carbocycles. The maximum Gasteiger partial charge on any atom is 0.0596 e. The molecule has 0 aliphatic carbocycles. The van der Waals surface area contributed by atoms with Crippen molar-refractivity contribution in [3.63, 3.8) is 0 Å². The highest BCUT2D eigenvalue weighted by Crippen LogP contribution is 2.00. The molecule has 2 nitrogen and oxygen atoms in total. The van der Waals surface area contributed by atoms with E-state index in [1.54, 1.807) is 6.08 Å². The van der Waals surface area contributed by atoms with Crippen molar-refractivity contribution in [2.24, 2.45) is 4.99 Å². The standard InChI is InChI=1S/C7H12N2/c1-5-7(9-4)6(2)8-3/h5,9H,1,3H2,2,4H3/b7-6+. The fraction of sp³-hybridized carbons (Fsp3) is 0.286. The molecule has 0 saturated carbocycles. The highest BCUT2D eigenvalue weighted by atomic mass is 14.9. The third-order valence-corrected chi connectivity index (χ3v) is 1.10. The number of nitrogens with zero attached hydrogens (tertiary/aromatic N) is 1. The Balaban J connectivity index is 4.36. The van der Waals surface area contributed by atoms with E-state index in [0.29, 0.717) is 0 Å². The van der Waals surface area contributed by atoms with Crippen LogP contribution in [0.2, 0.25) is 0 Å². The minimum Gasteiger partial charge on any atom is -0.387 e. The molecule has 0 aliphatic rings. The van der Waals surface area contributed by atoms with Crippen LogP contribution in [0.5, 0.6) is 0 Å². The SMILES string of the molecule is C=C/C(NC)=C(/C)N=C. The third-order valence-electron chi connectivity index (χ3n) is 1.10. The second-order valence-corrected chi connectivity index (χ2v) is 1.61. The molecule has 0 rings (SSSR count). The van der Waals surface area contributed by atoms with E-state index in [4.69, 9.17) is 0 Å². The predicted molar refractivity (Wildman–Crippen MR) is 41.5 cm³/mol. The molecule has 0 amide bonds. The summed E-state index contributed by atoms with van der Waals surface area (Å²) in [6.45, 7) is 8.85. The monoisotopic (exact) mass is 124 g/mol. The first kappa shape index (κ1) is 7.95. The normalized spacial score (nSPS) is 11.8. The molecule has 2 heteroatoms. The first-order valence-corrected chi connectivity index (χ1v) is 2.74. The van der Waals surface area contributed by atoms with Gasteiger partial charge in [-0.2, -0.15) is 0 Å². The van der Waals surface area contributed by atoms with Gasteiger partial charge in [0.25, 0.3) is 0 Å². The minimum atomic E-state index is 0.868. The zero-order chi connectivity index (χ0) is 7.28. The van der Waals surface area contributed by atoms with Crippen molar-refractivity contribution in [2.75, 3.05) is 7.05 Å². The first-order chi connectivity index (χ1) is 4.26. The van der Waals surface area contributed by atoms with Crippen LogP contribution in [0, 0.1) is 0 Å². The number of aliphatic imine (C=N–C) groups is 1. The van der Waals surface area contributed by atoms with Gasteiger partial charge in [0.05, 0.1) is 11.4 Å². The van der Waals surface area contributed by atoms with E-state index in [2.05, 4.69) is 23.6 Å². The van der Waals surface area contributed by atoms with Crippen molar-refractivity contribution in [3.05, 3.63) is 24.0 Å². The molecule has 0 radical (unpaired) electrons. The van der Waals surface area contributed by atoms with Crippen LogP contribution in [0.1, 0.15) is 6.92 Å². The molecule has 9 heavy (non-hydrogen) atoms. The lowest BCUT2D eigenvalue weighted by Gasteiger charge is -2.00. The zero-order valence-corrected chi connectivity index (χ0v) is 5.94. The average Bonchev–Trinajstić information content (AvgIpc) is 1.90. The predicted octanol–water partition coefficient (Wildman–Crippen LogP) is 1.32. The van der Waals surface area contributed by atoms with Gasteiger partial charge in [-0.05, 0) is 19.7 Å². The van der Waals surface area contributed by atoms with Gasteiger partial charge in [-0.15, -0.1) is 0 Å². The van der Waals surface area contributed by atoms with Crippen LogP contribution in [0.25, 0.3) is 0 Å². The lowest BCUT2D eigenvalue weighted by Crippen LogP contribution is -2.04. The Labute approximate surface area is 56.0 Å². The number of hydrogen-bond acceptors (Lipinski definition) is 2. The summed E-state index contributed by atoms with van der Waals surface area (Å²) >= 11 is 0. The summed E-state index contributed by atoms with van der Waals surface area (Å²) in [5.41, 5.74) is 1.79. The molecule has 50 valence electrons. The van der Waals surface area contributed by atoms with E-state index in [0.717, 1.165) is 11.4 Å². The van der Waals surface area contributed by atoms with Crippen LogP contribution in [0.4, 0.5) is 0 Å². The van der Waals surface area contributed by atoms with Crippen molar-refractivity contribution in [2.45, 2.75) is 6.92 Å². The van der Waals surface area contributed by atoms with Crippen molar-refractivity contribution < 1.29 is 0 Å². The summed E-state index contributed by atoms with van der Waals surface area (Å²) in [7, 11) is 1.83. The molecule has 0 spiro atoms. The largest absolute Gasteiger partial charge is 0.387 e. The molecule has 0 fully saturated rings. The van der Waals surface area contributed by atoms with Gasteiger partial charge in [0.2, 0.25) is 0 Å². The van der Waals surface area contributed by atoms with E-state index in [-0.39, 0.29) is 0 Å². The summed E-state index contributed by atoms with van der Waals surface area (Å²) in [6, 6.07) is 0. The Kier molecular flexibility index (Phi) is 3.44. The molecule has 1 N–H and O–H groups in total. The van der Waals surface area contributed by atoms with Crippen LogP contribution in [0.15, 0.2) is 29.0 Å². The van der Waals surface area contributed by atoms with E-state index >= 15 is 0 Å². The molecule has 0 aromatic rings. The number of allylic oxidation sites excluding steroid dienone is 2. The van der Waals surface area contributed by atoms with Crippen LogP contribution >= 0.6 is 0 Å². The zero-order valence-electron chi connectivity index (χ0n) is 5.94. The van der Waals surface area contributed by atoms with Crippen molar-refractivity contribution in [1.29, 1.82) is 0 Å². The number of hydrogen-bond donors (Lipinski definition) is 1. The molecule has 0 heterocycles. The maximum atomic E-state index is 3.73. The number of nitrogens with one attached hydrogen (secondary N) is 1. The van der Waals surface area contributed by atoms with Gasteiger partial charge >= 0.3 is 0 Å². The molecule has 0 unspecified atom stereocenters. The van der Waals surface area contributed by atoms with Crippen LogP contribution in [-0.2, 0) is 0 Å². The topological polar surface area (TPSA) is 24.4 Å². The van der Waals surface area contributed by atoms with Gasteiger partial charge in [-0.3, -0.25) is 4.99 Å². The second kappa shape index (κ2) is 3.89. The molecule has 0 aliphatic heterocycles. The molecular formula is C7H12N2. The van der Waals surface area contributed by atoms with Crippen LogP contribution < -0.4 is 5.32 Å². The number of likely N-dealkylation sites (N-methyl/N-ethyl adjacent to an activating group) is 1. The van der Waals surface area contributed by atoms with E-state index < -0.39 is 0 Å². The highest BCUT2D eigenvalue weighted by molar-refractivity contribution is 5.32. The lowest BCUT2D eigenvalue weighted by molar-refractivity contribution is 0.993. The van der Waals surface area contributed by atoms with E-state index in [1.165, 1.54) is 0 Å². The highest BCUT2D eigenvalue weighted by Gasteiger charge is 1.89. The van der Waals surface area contributed by atoms with Crippen molar-refractivity contribution in [3.8, 4) is 0 Å². The molecule has 0 aromatic heterocycles. The second-order valence-electron chi connectivity index (χ2n) is 1.61. The summed E-state index contributed by atoms with van der Waals surface area (Å²) in [5, 5.41) is 2.93. The maximum absolute atomic E-state index is 3.73. The Morgan fingerprint density at radius 1 is 1.67 bits per heavy atom. The molecule has 0 saturated heterocycles. The van der Waals surface area contributed by atoms with E-state index in [9.17, 15) is 0 Å². The fourth-order valence-electron chi connectivity index (χ4n) is 0.516. The number of rotatable bonds is 3. The fourth-order valence-corrected chi connectivity index (χ4v) is 0.516. The average molecular weight is 124 g/mol. The molecule has 0 atom stereocenters. The van der Waals surface area contributed by atoms with Gasteiger partial charge < -0.3 is 5.32 Å². The third kappa shape index (κ3) is 2.13.